The summed E-state index contributed by atoms with van der Waals surface area (Å²) in [4.78, 5) is 12.0. The fourth-order valence-electron chi connectivity index (χ4n) is 1.23. The van der Waals surface area contributed by atoms with Crippen molar-refractivity contribution in [2.24, 2.45) is 0 Å². The summed E-state index contributed by atoms with van der Waals surface area (Å²) in [5.74, 6) is 0. The van der Waals surface area contributed by atoms with Gasteiger partial charge in [0.2, 0.25) is 6.41 Å². The molecule has 0 heterocycles. The van der Waals surface area contributed by atoms with E-state index >= 15 is 0 Å². The molecule has 0 aromatic heterocycles. The number of nitrogens with zero attached hydrogens (tertiary/aromatic N) is 1. The first-order valence-corrected chi connectivity index (χ1v) is 4.43. The monoisotopic (exact) mass is 177 g/mol. The number of aryl methyl sites for hydroxylation is 1. The van der Waals surface area contributed by atoms with Gasteiger partial charge in [0.15, 0.2) is 0 Å². The third-order valence-corrected chi connectivity index (χ3v) is 2.02. The van der Waals surface area contributed by atoms with E-state index in [0.29, 0.717) is 0 Å². The van der Waals surface area contributed by atoms with Gasteiger partial charge in [-0.05, 0) is 18.9 Å². The lowest BCUT2D eigenvalue weighted by molar-refractivity contribution is -0.116. The summed E-state index contributed by atoms with van der Waals surface area (Å²) in [5, 5.41) is 0. The lowest BCUT2D eigenvalue weighted by Gasteiger charge is -2.09. The lowest BCUT2D eigenvalue weighted by Crippen LogP contribution is -2.18. The normalized spacial score (nSPS) is 9.69. The molecule has 70 valence electrons. The summed E-state index contributed by atoms with van der Waals surface area (Å²) in [6.07, 6.45) is 1.78. The Balaban J connectivity index is 2.49. The van der Waals surface area contributed by atoms with E-state index in [2.05, 4.69) is 25.1 Å². The van der Waals surface area contributed by atoms with Crippen LogP contribution in [-0.2, 0) is 11.2 Å². The van der Waals surface area contributed by atoms with Crippen molar-refractivity contribution in [3.63, 3.8) is 0 Å². The second kappa shape index (κ2) is 4.65. The summed E-state index contributed by atoms with van der Waals surface area (Å²) in [6, 6.07) is 8.36. The Labute approximate surface area is 79.2 Å². The molecule has 1 aromatic carbocycles. The molecule has 0 atom stereocenters. The molecule has 0 saturated carbocycles. The summed E-state index contributed by atoms with van der Waals surface area (Å²) in [6.45, 7) is 2.86. The molecule has 0 bridgehead atoms. The van der Waals surface area contributed by atoms with Gasteiger partial charge in [-0.1, -0.05) is 29.8 Å². The van der Waals surface area contributed by atoms with Crippen molar-refractivity contribution in [1.29, 1.82) is 0 Å². The van der Waals surface area contributed by atoms with E-state index < -0.39 is 0 Å². The van der Waals surface area contributed by atoms with Crippen LogP contribution in [0.3, 0.4) is 0 Å². The highest BCUT2D eigenvalue weighted by atomic mass is 16.1. The molecule has 0 fully saturated rings. The highest BCUT2D eigenvalue weighted by Crippen LogP contribution is 2.04. The molecule has 0 radical (unpaired) electrons. The molecule has 0 N–H and O–H groups in total. The zero-order valence-corrected chi connectivity index (χ0v) is 8.16. The topological polar surface area (TPSA) is 20.3 Å². The number of rotatable bonds is 4. The van der Waals surface area contributed by atoms with Crippen molar-refractivity contribution < 1.29 is 4.79 Å². The Morgan fingerprint density at radius 1 is 1.46 bits per heavy atom. The number of hydrogen-bond acceptors (Lipinski definition) is 1. The van der Waals surface area contributed by atoms with Crippen LogP contribution in [-0.4, -0.2) is 24.9 Å². The van der Waals surface area contributed by atoms with E-state index in [1.165, 1.54) is 11.1 Å². The van der Waals surface area contributed by atoms with Gasteiger partial charge in [-0.3, -0.25) is 4.79 Å². The highest BCUT2D eigenvalue weighted by Gasteiger charge is 1.95. The Kier molecular flexibility index (Phi) is 3.50. The predicted molar refractivity (Wildman–Crippen MR) is 53.6 cm³/mol. The van der Waals surface area contributed by atoms with Gasteiger partial charge in [0, 0.05) is 13.6 Å². The third kappa shape index (κ3) is 3.28. The Hall–Kier alpha value is -1.31. The molecule has 1 aromatic rings. The smallest absolute Gasteiger partial charge is 0.209 e. The highest BCUT2D eigenvalue weighted by molar-refractivity contribution is 5.46. The number of hydrogen-bond donors (Lipinski definition) is 0. The standard InChI is InChI=1S/C11H15NO/c1-10-4-3-5-11(8-10)6-7-12(2)9-13/h3-5,8-9H,6-7H2,1-2H3. The Morgan fingerprint density at radius 2 is 2.23 bits per heavy atom. The first-order chi connectivity index (χ1) is 6.22. The fraction of sp³-hybridized carbons (Fsp3) is 0.364. The van der Waals surface area contributed by atoms with E-state index in [4.69, 9.17) is 0 Å². The average molecular weight is 177 g/mol. The maximum Gasteiger partial charge on any atom is 0.209 e. The summed E-state index contributed by atoms with van der Waals surface area (Å²) in [5.41, 5.74) is 2.56. The molecule has 0 aliphatic carbocycles. The van der Waals surface area contributed by atoms with E-state index in [1.54, 1.807) is 11.9 Å². The van der Waals surface area contributed by atoms with Crippen LogP contribution in [0.4, 0.5) is 0 Å². The molecule has 0 aliphatic heterocycles. The molecule has 0 spiro atoms. The predicted octanol–water partition coefficient (Wildman–Crippen LogP) is 1.63. The number of amides is 1. The second-order valence-electron chi connectivity index (χ2n) is 3.33. The number of likely N-dealkylation sites (N-methyl/N-ethyl adjacent to an activating group) is 1. The number of carbonyl (C=O) groups is 1. The Morgan fingerprint density at radius 3 is 2.85 bits per heavy atom. The van der Waals surface area contributed by atoms with E-state index in [9.17, 15) is 4.79 Å². The SMILES string of the molecule is Cc1cccc(CCN(C)C=O)c1. The van der Waals surface area contributed by atoms with Gasteiger partial charge in [0.05, 0.1) is 0 Å². The van der Waals surface area contributed by atoms with Crippen LogP contribution >= 0.6 is 0 Å². The zero-order chi connectivity index (χ0) is 9.68. The Bertz CT molecular complexity index is 283. The van der Waals surface area contributed by atoms with Gasteiger partial charge < -0.3 is 4.90 Å². The van der Waals surface area contributed by atoms with Crippen molar-refractivity contribution in [2.75, 3.05) is 13.6 Å². The maximum atomic E-state index is 10.3. The third-order valence-electron chi connectivity index (χ3n) is 2.02. The molecule has 0 saturated heterocycles. The number of carbonyl (C=O) groups excluding carboxylic acids is 1. The maximum absolute atomic E-state index is 10.3. The van der Waals surface area contributed by atoms with Crippen molar-refractivity contribution in [1.82, 2.24) is 4.90 Å². The lowest BCUT2D eigenvalue weighted by atomic mass is 10.1. The van der Waals surface area contributed by atoms with Crippen LogP contribution in [0.15, 0.2) is 24.3 Å². The fourth-order valence-corrected chi connectivity index (χ4v) is 1.23. The van der Waals surface area contributed by atoms with E-state index in [-0.39, 0.29) is 0 Å². The molecule has 2 nitrogen and oxygen atoms in total. The van der Waals surface area contributed by atoms with Crippen LogP contribution in [0.5, 0.6) is 0 Å². The largest absolute Gasteiger partial charge is 0.348 e. The summed E-state index contributed by atoms with van der Waals surface area (Å²) in [7, 11) is 1.79. The first kappa shape index (κ1) is 9.78. The van der Waals surface area contributed by atoms with Gasteiger partial charge in [-0.25, -0.2) is 0 Å². The van der Waals surface area contributed by atoms with Crippen molar-refractivity contribution >= 4 is 6.41 Å². The molecule has 1 rings (SSSR count). The van der Waals surface area contributed by atoms with Crippen molar-refractivity contribution in [3.05, 3.63) is 35.4 Å². The second-order valence-corrected chi connectivity index (χ2v) is 3.33. The van der Waals surface area contributed by atoms with Gasteiger partial charge in [-0.15, -0.1) is 0 Å². The van der Waals surface area contributed by atoms with Gasteiger partial charge in [0.25, 0.3) is 0 Å². The molecule has 0 unspecified atom stereocenters. The number of benzene rings is 1. The van der Waals surface area contributed by atoms with Crippen LogP contribution in [0.25, 0.3) is 0 Å². The van der Waals surface area contributed by atoms with Crippen LogP contribution in [0.2, 0.25) is 0 Å². The zero-order valence-electron chi connectivity index (χ0n) is 8.16. The molecule has 0 aliphatic rings. The quantitative estimate of drug-likeness (QED) is 0.640. The van der Waals surface area contributed by atoms with Crippen LogP contribution in [0.1, 0.15) is 11.1 Å². The van der Waals surface area contributed by atoms with Crippen LogP contribution < -0.4 is 0 Å². The van der Waals surface area contributed by atoms with Gasteiger partial charge in [0.1, 0.15) is 0 Å². The summed E-state index contributed by atoms with van der Waals surface area (Å²) < 4.78 is 0. The average Bonchev–Trinajstić information content (AvgIpc) is 2.14. The molecule has 1 amide bonds. The van der Waals surface area contributed by atoms with Gasteiger partial charge >= 0.3 is 0 Å². The minimum atomic E-state index is 0.785. The first-order valence-electron chi connectivity index (χ1n) is 4.43. The minimum Gasteiger partial charge on any atom is -0.348 e. The molecular formula is C11H15NO. The minimum absolute atomic E-state index is 0.785. The van der Waals surface area contributed by atoms with Crippen LogP contribution in [0, 0.1) is 6.92 Å². The summed E-state index contributed by atoms with van der Waals surface area (Å²) >= 11 is 0. The van der Waals surface area contributed by atoms with Crippen molar-refractivity contribution in [3.8, 4) is 0 Å². The van der Waals surface area contributed by atoms with Crippen molar-refractivity contribution in [2.45, 2.75) is 13.3 Å². The van der Waals surface area contributed by atoms with Gasteiger partial charge in [-0.2, -0.15) is 0 Å². The molecular weight excluding hydrogens is 162 g/mol. The molecule has 2 heteroatoms. The van der Waals surface area contributed by atoms with E-state index in [0.717, 1.165) is 19.4 Å². The molecule has 13 heavy (non-hydrogen) atoms. The van der Waals surface area contributed by atoms with E-state index in [1.807, 2.05) is 6.07 Å².